The van der Waals surface area contributed by atoms with Crippen LogP contribution >= 0.6 is 0 Å². The Bertz CT molecular complexity index is 982. The van der Waals surface area contributed by atoms with Crippen LogP contribution in [-0.2, 0) is 0 Å². The summed E-state index contributed by atoms with van der Waals surface area (Å²) in [6.07, 6.45) is 1.44. The summed E-state index contributed by atoms with van der Waals surface area (Å²) in [5.41, 5.74) is 0.699. The van der Waals surface area contributed by atoms with Gasteiger partial charge in [-0.15, -0.1) is 0 Å². The third-order valence-corrected chi connectivity index (χ3v) is 4.90. The number of nitrogens with zero attached hydrogens (tertiary/aromatic N) is 4. The van der Waals surface area contributed by atoms with Crippen molar-refractivity contribution in [1.82, 2.24) is 14.9 Å². The molecule has 29 heavy (non-hydrogen) atoms. The van der Waals surface area contributed by atoms with Gasteiger partial charge in [-0.3, -0.25) is 4.79 Å². The second-order valence-electron chi connectivity index (χ2n) is 6.93. The van der Waals surface area contributed by atoms with Crippen molar-refractivity contribution in [1.29, 1.82) is 0 Å². The van der Waals surface area contributed by atoms with Crippen molar-refractivity contribution < 1.29 is 13.9 Å². The minimum absolute atomic E-state index is 0.0351. The zero-order valence-corrected chi connectivity index (χ0v) is 16.0. The fourth-order valence-electron chi connectivity index (χ4n) is 3.40. The van der Waals surface area contributed by atoms with Crippen molar-refractivity contribution in [2.45, 2.75) is 13.0 Å². The van der Waals surface area contributed by atoms with E-state index in [9.17, 15) is 9.18 Å². The summed E-state index contributed by atoms with van der Waals surface area (Å²) >= 11 is 0. The van der Waals surface area contributed by atoms with Crippen LogP contribution in [0.2, 0.25) is 0 Å². The monoisotopic (exact) mass is 392 g/mol. The van der Waals surface area contributed by atoms with Crippen molar-refractivity contribution in [3.05, 3.63) is 78.4 Å². The second kappa shape index (κ2) is 8.26. The van der Waals surface area contributed by atoms with E-state index in [1.54, 1.807) is 18.2 Å². The highest BCUT2D eigenvalue weighted by Crippen LogP contribution is 2.24. The number of amides is 1. The first-order chi connectivity index (χ1) is 14.1. The smallest absolute Gasteiger partial charge is 0.254 e. The summed E-state index contributed by atoms with van der Waals surface area (Å²) in [7, 11) is 0. The highest BCUT2D eigenvalue weighted by atomic mass is 19.1. The SMILES string of the molecule is C[C@@H]1CN(c2cc(Oc3ccc(F)cc3)ncn2)CCN1C(=O)c1ccccc1. The van der Waals surface area contributed by atoms with Crippen molar-refractivity contribution in [2.75, 3.05) is 24.5 Å². The lowest BCUT2D eigenvalue weighted by atomic mass is 10.1. The molecule has 1 aliphatic rings. The van der Waals surface area contributed by atoms with Gasteiger partial charge in [0.05, 0.1) is 0 Å². The highest BCUT2D eigenvalue weighted by molar-refractivity contribution is 5.94. The van der Waals surface area contributed by atoms with Crippen molar-refractivity contribution >= 4 is 11.7 Å². The van der Waals surface area contributed by atoms with Gasteiger partial charge in [0.25, 0.3) is 5.91 Å². The number of anilines is 1. The fraction of sp³-hybridized carbons (Fsp3) is 0.227. The van der Waals surface area contributed by atoms with Gasteiger partial charge in [0.1, 0.15) is 23.7 Å². The molecule has 1 fully saturated rings. The Morgan fingerprint density at radius 3 is 2.55 bits per heavy atom. The Balaban J connectivity index is 1.44. The second-order valence-corrected chi connectivity index (χ2v) is 6.93. The van der Waals surface area contributed by atoms with E-state index >= 15 is 0 Å². The lowest BCUT2D eigenvalue weighted by Gasteiger charge is -2.40. The number of halogens is 1. The molecule has 1 atom stereocenters. The van der Waals surface area contributed by atoms with Crippen LogP contribution < -0.4 is 9.64 Å². The van der Waals surface area contributed by atoms with Gasteiger partial charge in [0.15, 0.2) is 0 Å². The van der Waals surface area contributed by atoms with Crippen LogP contribution in [0.15, 0.2) is 67.0 Å². The molecule has 0 aliphatic carbocycles. The summed E-state index contributed by atoms with van der Waals surface area (Å²) in [5.74, 6) is 1.34. The van der Waals surface area contributed by atoms with Gasteiger partial charge in [-0.25, -0.2) is 14.4 Å². The number of ether oxygens (including phenoxy) is 1. The maximum atomic E-state index is 13.1. The molecule has 0 spiro atoms. The minimum Gasteiger partial charge on any atom is -0.439 e. The first-order valence-corrected chi connectivity index (χ1v) is 9.46. The number of hydrogen-bond acceptors (Lipinski definition) is 5. The number of carbonyl (C=O) groups excluding carboxylic acids is 1. The van der Waals surface area contributed by atoms with Crippen LogP contribution in [0.5, 0.6) is 11.6 Å². The summed E-state index contributed by atoms with van der Waals surface area (Å²) in [6, 6.07) is 16.9. The molecule has 6 nitrogen and oxygen atoms in total. The molecule has 0 N–H and O–H groups in total. The van der Waals surface area contributed by atoms with E-state index in [4.69, 9.17) is 4.74 Å². The number of piperazine rings is 1. The van der Waals surface area contributed by atoms with Crippen LogP contribution in [-0.4, -0.2) is 46.5 Å². The largest absolute Gasteiger partial charge is 0.439 e. The molecule has 2 aromatic carbocycles. The molecular formula is C22H21FN4O2. The Hall–Kier alpha value is -3.48. The molecular weight excluding hydrogens is 371 g/mol. The van der Waals surface area contributed by atoms with E-state index in [0.29, 0.717) is 36.8 Å². The summed E-state index contributed by atoms with van der Waals surface area (Å²) < 4.78 is 18.7. The van der Waals surface area contributed by atoms with Gasteiger partial charge in [-0.2, -0.15) is 0 Å². The average Bonchev–Trinajstić information content (AvgIpc) is 2.76. The molecule has 0 bridgehead atoms. The predicted molar refractivity (Wildman–Crippen MR) is 108 cm³/mol. The van der Waals surface area contributed by atoms with E-state index in [1.807, 2.05) is 42.2 Å². The van der Waals surface area contributed by atoms with Crippen LogP contribution in [0.4, 0.5) is 10.2 Å². The molecule has 4 rings (SSSR count). The zero-order valence-electron chi connectivity index (χ0n) is 16.0. The number of rotatable bonds is 4. The van der Waals surface area contributed by atoms with Crippen molar-refractivity contribution in [3.63, 3.8) is 0 Å². The van der Waals surface area contributed by atoms with Gasteiger partial charge in [0, 0.05) is 37.3 Å². The standard InChI is InChI=1S/C22H21FN4O2/c1-16-14-26(11-12-27(16)22(28)17-5-3-2-4-6-17)20-13-21(25-15-24-20)29-19-9-7-18(23)8-10-19/h2-10,13,15-16H,11-12,14H2,1H3/t16-/m1/s1. The van der Waals surface area contributed by atoms with Gasteiger partial charge in [0.2, 0.25) is 5.88 Å². The van der Waals surface area contributed by atoms with Gasteiger partial charge >= 0.3 is 0 Å². The number of carbonyl (C=O) groups is 1. The van der Waals surface area contributed by atoms with E-state index in [2.05, 4.69) is 14.9 Å². The third kappa shape index (κ3) is 4.34. The first kappa shape index (κ1) is 18.9. The average molecular weight is 392 g/mol. The van der Waals surface area contributed by atoms with E-state index in [0.717, 1.165) is 5.82 Å². The van der Waals surface area contributed by atoms with Crippen LogP contribution in [0.25, 0.3) is 0 Å². The molecule has 0 saturated carbocycles. The minimum atomic E-state index is -0.322. The molecule has 1 saturated heterocycles. The van der Waals surface area contributed by atoms with Crippen molar-refractivity contribution in [2.24, 2.45) is 0 Å². The molecule has 0 radical (unpaired) electrons. The maximum absolute atomic E-state index is 13.1. The lowest BCUT2D eigenvalue weighted by molar-refractivity contribution is 0.0673. The molecule has 1 amide bonds. The van der Waals surface area contributed by atoms with Crippen LogP contribution in [0.1, 0.15) is 17.3 Å². The molecule has 2 heterocycles. The zero-order chi connectivity index (χ0) is 20.2. The predicted octanol–water partition coefficient (Wildman–Crippen LogP) is 3.76. The highest BCUT2D eigenvalue weighted by Gasteiger charge is 2.28. The van der Waals surface area contributed by atoms with E-state index in [1.165, 1.54) is 18.5 Å². The van der Waals surface area contributed by atoms with Crippen LogP contribution in [0, 0.1) is 5.82 Å². The van der Waals surface area contributed by atoms with Crippen molar-refractivity contribution in [3.8, 4) is 11.6 Å². The fourth-order valence-corrected chi connectivity index (χ4v) is 3.40. The number of aromatic nitrogens is 2. The normalized spacial score (nSPS) is 16.6. The molecule has 0 unspecified atom stereocenters. The molecule has 1 aromatic heterocycles. The van der Waals surface area contributed by atoms with Crippen LogP contribution in [0.3, 0.4) is 0 Å². The third-order valence-electron chi connectivity index (χ3n) is 4.90. The van der Waals surface area contributed by atoms with E-state index in [-0.39, 0.29) is 17.8 Å². The summed E-state index contributed by atoms with van der Waals surface area (Å²) in [5, 5.41) is 0. The quantitative estimate of drug-likeness (QED) is 0.677. The van der Waals surface area contributed by atoms with Gasteiger partial charge in [-0.1, -0.05) is 18.2 Å². The molecule has 3 aromatic rings. The molecule has 7 heteroatoms. The lowest BCUT2D eigenvalue weighted by Crippen LogP contribution is -2.54. The molecule has 148 valence electrons. The summed E-state index contributed by atoms with van der Waals surface area (Å²) in [4.78, 5) is 25.3. The number of benzene rings is 2. The van der Waals surface area contributed by atoms with E-state index < -0.39 is 0 Å². The first-order valence-electron chi connectivity index (χ1n) is 9.46. The number of hydrogen-bond donors (Lipinski definition) is 0. The topological polar surface area (TPSA) is 58.6 Å². The Kier molecular flexibility index (Phi) is 5.37. The Labute approximate surface area is 168 Å². The summed E-state index contributed by atoms with van der Waals surface area (Å²) in [6.45, 7) is 3.96. The Morgan fingerprint density at radius 1 is 1.07 bits per heavy atom. The maximum Gasteiger partial charge on any atom is 0.254 e. The molecule has 1 aliphatic heterocycles. The van der Waals surface area contributed by atoms with Gasteiger partial charge in [-0.05, 0) is 43.3 Å². The van der Waals surface area contributed by atoms with Gasteiger partial charge < -0.3 is 14.5 Å². The Morgan fingerprint density at radius 2 is 1.83 bits per heavy atom.